The summed E-state index contributed by atoms with van der Waals surface area (Å²) < 4.78 is 27.4. The van der Waals surface area contributed by atoms with Crippen LogP contribution in [-0.2, 0) is 0 Å². The van der Waals surface area contributed by atoms with Crippen LogP contribution in [0.3, 0.4) is 0 Å². The first-order valence-corrected chi connectivity index (χ1v) is 7.44. The van der Waals surface area contributed by atoms with Gasteiger partial charge in [-0.2, -0.15) is 0 Å². The zero-order chi connectivity index (χ0) is 15.7. The number of hydrogen-bond donors (Lipinski definition) is 1. The van der Waals surface area contributed by atoms with Gasteiger partial charge in [0.25, 0.3) is 0 Å². The summed E-state index contributed by atoms with van der Waals surface area (Å²) in [7, 11) is 0. The van der Waals surface area contributed by atoms with Crippen molar-refractivity contribution in [3.63, 3.8) is 0 Å². The van der Waals surface area contributed by atoms with Crippen LogP contribution in [0.25, 0.3) is 0 Å². The van der Waals surface area contributed by atoms with E-state index in [4.69, 9.17) is 0 Å². The molecule has 21 heavy (non-hydrogen) atoms. The van der Waals surface area contributed by atoms with E-state index in [0.29, 0.717) is 4.47 Å². The third-order valence-corrected chi connectivity index (χ3v) is 4.01. The molecule has 5 heteroatoms. The lowest BCUT2D eigenvalue weighted by Crippen LogP contribution is -2.13. The summed E-state index contributed by atoms with van der Waals surface area (Å²) in [6.45, 7) is 7.81. The van der Waals surface area contributed by atoms with E-state index in [1.54, 1.807) is 0 Å². The first-order valence-electron chi connectivity index (χ1n) is 6.65. The highest BCUT2D eigenvalue weighted by Crippen LogP contribution is 2.31. The topological polar surface area (TPSA) is 24.9 Å². The van der Waals surface area contributed by atoms with Gasteiger partial charge >= 0.3 is 0 Å². The predicted molar refractivity (Wildman–Crippen MR) is 84.5 cm³/mol. The Morgan fingerprint density at radius 2 is 1.81 bits per heavy atom. The summed E-state index contributed by atoms with van der Waals surface area (Å²) >= 11 is 3.19. The average molecular weight is 355 g/mol. The summed E-state index contributed by atoms with van der Waals surface area (Å²) in [5.41, 5.74) is 4.24. The zero-order valence-electron chi connectivity index (χ0n) is 12.4. The maximum absolute atomic E-state index is 13.9. The zero-order valence-corrected chi connectivity index (χ0v) is 14.0. The smallest absolute Gasteiger partial charge is 0.150 e. The third kappa shape index (κ3) is 3.40. The van der Waals surface area contributed by atoms with Gasteiger partial charge in [0.1, 0.15) is 11.6 Å². The molecule has 0 saturated carbocycles. The highest BCUT2D eigenvalue weighted by Gasteiger charge is 2.17. The van der Waals surface area contributed by atoms with E-state index in [1.165, 1.54) is 6.07 Å². The van der Waals surface area contributed by atoms with Crippen LogP contribution in [0.1, 0.15) is 35.5 Å². The van der Waals surface area contributed by atoms with Crippen molar-refractivity contribution in [3.05, 3.63) is 56.8 Å². The van der Waals surface area contributed by atoms with Crippen LogP contribution in [0.5, 0.6) is 0 Å². The molecule has 0 amide bonds. The van der Waals surface area contributed by atoms with Crippen LogP contribution < -0.4 is 5.32 Å². The van der Waals surface area contributed by atoms with Gasteiger partial charge in [-0.05, 0) is 66.9 Å². The van der Waals surface area contributed by atoms with Crippen LogP contribution in [0.4, 0.5) is 14.5 Å². The Morgan fingerprint density at radius 3 is 2.38 bits per heavy atom. The minimum absolute atomic E-state index is 0.144. The second kappa shape index (κ2) is 6.10. The fraction of sp³-hybridized carbons (Fsp3) is 0.312. The van der Waals surface area contributed by atoms with Crippen molar-refractivity contribution >= 4 is 21.6 Å². The quantitative estimate of drug-likeness (QED) is 0.817. The van der Waals surface area contributed by atoms with Crippen molar-refractivity contribution in [2.75, 3.05) is 5.32 Å². The van der Waals surface area contributed by atoms with Gasteiger partial charge in [-0.1, -0.05) is 0 Å². The molecule has 0 aliphatic carbocycles. The highest BCUT2D eigenvalue weighted by atomic mass is 79.9. The number of anilines is 1. The van der Waals surface area contributed by atoms with Crippen molar-refractivity contribution < 1.29 is 8.78 Å². The molecule has 1 aromatic carbocycles. The number of benzene rings is 1. The van der Waals surface area contributed by atoms with Gasteiger partial charge in [0, 0.05) is 21.9 Å². The molecule has 1 atom stereocenters. The lowest BCUT2D eigenvalue weighted by Gasteiger charge is -2.21. The van der Waals surface area contributed by atoms with Gasteiger partial charge < -0.3 is 5.32 Å². The van der Waals surface area contributed by atoms with E-state index >= 15 is 0 Å². The summed E-state index contributed by atoms with van der Waals surface area (Å²) in [6.07, 6.45) is 0. The second-order valence-corrected chi connectivity index (χ2v) is 6.04. The van der Waals surface area contributed by atoms with Crippen molar-refractivity contribution in [3.8, 4) is 0 Å². The lowest BCUT2D eigenvalue weighted by atomic mass is 10.00. The SMILES string of the molecule is Cc1cc(C)c(C(C)Nc2c(F)cc(F)cc2Br)c(C)n1. The van der Waals surface area contributed by atoms with Crippen LogP contribution in [0.15, 0.2) is 22.7 Å². The molecule has 2 aromatic rings. The number of nitrogens with one attached hydrogen (secondary N) is 1. The molecular weight excluding hydrogens is 338 g/mol. The maximum atomic E-state index is 13.9. The number of nitrogens with zero attached hydrogens (tertiary/aromatic N) is 1. The molecule has 0 aliphatic rings. The normalized spacial score (nSPS) is 12.3. The Morgan fingerprint density at radius 1 is 1.14 bits per heavy atom. The second-order valence-electron chi connectivity index (χ2n) is 5.19. The molecule has 0 saturated heterocycles. The molecule has 2 nitrogen and oxygen atoms in total. The Hall–Kier alpha value is -1.49. The first kappa shape index (κ1) is 15.9. The van der Waals surface area contributed by atoms with Gasteiger partial charge in [-0.3, -0.25) is 4.98 Å². The molecule has 1 unspecified atom stereocenters. The molecule has 0 fully saturated rings. The summed E-state index contributed by atoms with van der Waals surface area (Å²) in [4.78, 5) is 4.45. The molecule has 0 radical (unpaired) electrons. The van der Waals surface area contributed by atoms with Crippen LogP contribution in [0, 0.1) is 32.4 Å². The minimum atomic E-state index is -0.621. The average Bonchev–Trinajstić information content (AvgIpc) is 2.32. The Kier molecular flexibility index (Phi) is 4.61. The molecule has 112 valence electrons. The minimum Gasteiger partial charge on any atom is -0.375 e. The van der Waals surface area contributed by atoms with Gasteiger partial charge in [0.05, 0.1) is 11.7 Å². The number of halogens is 3. The highest BCUT2D eigenvalue weighted by molar-refractivity contribution is 9.10. The molecule has 1 heterocycles. The fourth-order valence-electron chi connectivity index (χ4n) is 2.66. The Balaban J connectivity index is 2.37. The summed E-state index contributed by atoms with van der Waals surface area (Å²) in [5.74, 6) is -1.23. The van der Waals surface area contributed by atoms with Gasteiger partial charge in [-0.15, -0.1) is 0 Å². The van der Waals surface area contributed by atoms with E-state index in [1.807, 2.05) is 33.8 Å². The number of aryl methyl sites for hydroxylation is 3. The van der Waals surface area contributed by atoms with E-state index in [-0.39, 0.29) is 11.7 Å². The number of pyridine rings is 1. The van der Waals surface area contributed by atoms with Crippen LogP contribution in [0.2, 0.25) is 0 Å². The number of hydrogen-bond acceptors (Lipinski definition) is 2. The van der Waals surface area contributed by atoms with E-state index < -0.39 is 11.6 Å². The van der Waals surface area contributed by atoms with Gasteiger partial charge in [0.15, 0.2) is 0 Å². The van der Waals surface area contributed by atoms with Crippen LogP contribution >= 0.6 is 15.9 Å². The number of rotatable bonds is 3. The van der Waals surface area contributed by atoms with Gasteiger partial charge in [0.2, 0.25) is 0 Å². The first-order chi connectivity index (χ1) is 9.79. The Labute approximate surface area is 131 Å². The molecule has 0 spiro atoms. The van der Waals surface area contributed by atoms with Crippen molar-refractivity contribution in [2.45, 2.75) is 33.7 Å². The fourth-order valence-corrected chi connectivity index (χ4v) is 3.18. The van der Waals surface area contributed by atoms with E-state index in [0.717, 1.165) is 28.6 Å². The van der Waals surface area contributed by atoms with Crippen molar-refractivity contribution in [1.82, 2.24) is 4.98 Å². The molecule has 2 rings (SSSR count). The van der Waals surface area contributed by atoms with Gasteiger partial charge in [-0.25, -0.2) is 8.78 Å². The molecular formula is C16H17BrF2N2. The monoisotopic (exact) mass is 354 g/mol. The third-order valence-electron chi connectivity index (χ3n) is 3.38. The largest absolute Gasteiger partial charge is 0.375 e. The van der Waals surface area contributed by atoms with Crippen molar-refractivity contribution in [2.24, 2.45) is 0 Å². The predicted octanol–water partition coefficient (Wildman–Crippen LogP) is 5.22. The lowest BCUT2D eigenvalue weighted by molar-refractivity contribution is 0.582. The standard InChI is InChI=1S/C16H17BrF2N2/c1-8-5-9(2)20-10(3)15(8)11(4)21-16-13(17)6-12(18)7-14(16)19/h5-7,11,21H,1-4H3. The van der Waals surface area contributed by atoms with E-state index in [2.05, 4.69) is 26.2 Å². The van der Waals surface area contributed by atoms with Crippen LogP contribution in [-0.4, -0.2) is 4.98 Å². The molecule has 1 aromatic heterocycles. The summed E-state index contributed by atoms with van der Waals surface area (Å²) in [5, 5.41) is 3.09. The Bertz CT molecular complexity index is 640. The maximum Gasteiger partial charge on any atom is 0.150 e. The number of aromatic nitrogens is 1. The molecule has 1 N–H and O–H groups in total. The van der Waals surface area contributed by atoms with E-state index in [9.17, 15) is 8.78 Å². The summed E-state index contributed by atoms with van der Waals surface area (Å²) in [6, 6.07) is 3.96. The van der Waals surface area contributed by atoms with Crippen molar-refractivity contribution in [1.29, 1.82) is 0 Å². The molecule has 0 aliphatic heterocycles. The molecule has 0 bridgehead atoms.